The van der Waals surface area contributed by atoms with Crippen molar-refractivity contribution in [2.24, 2.45) is 5.92 Å². The summed E-state index contributed by atoms with van der Waals surface area (Å²) >= 11 is 0. The number of hydrogen-bond donors (Lipinski definition) is 0. The van der Waals surface area contributed by atoms with Crippen molar-refractivity contribution in [2.45, 2.75) is 25.9 Å². The van der Waals surface area contributed by atoms with Crippen LogP contribution in [0.15, 0.2) is 48.5 Å². The Morgan fingerprint density at radius 3 is 2.47 bits per heavy atom. The number of rotatable bonds is 10. The second kappa shape index (κ2) is 11.8. The lowest BCUT2D eigenvalue weighted by Gasteiger charge is -2.35. The van der Waals surface area contributed by atoms with Crippen LogP contribution in [0.5, 0.6) is 5.75 Å². The number of ether oxygens (including phenoxy) is 2. The molecule has 4 heteroatoms. The molecular weight excluding hydrogens is 372 g/mol. The molecule has 0 unspecified atom stereocenters. The molecule has 2 aromatic carbocycles. The van der Waals surface area contributed by atoms with Crippen LogP contribution in [-0.4, -0.2) is 56.8 Å². The maximum absolute atomic E-state index is 5.51. The first kappa shape index (κ1) is 22.4. The van der Waals surface area contributed by atoms with Crippen molar-refractivity contribution in [3.05, 3.63) is 65.2 Å². The predicted molar refractivity (Wildman–Crippen MR) is 123 cm³/mol. The number of benzene rings is 2. The van der Waals surface area contributed by atoms with Crippen molar-refractivity contribution >= 4 is 0 Å². The number of para-hydroxylation sites is 1. The standard InChI is InChI=1S/C26H34N2O2/c1-4-22-9-11-23(12-10-22)19-28(17-18-29-2)20-24-13-15-27(16-14-24)21-25-7-5-6-8-26(25)30-3/h1,5-12,24H,13-21H2,2-3H3. The maximum Gasteiger partial charge on any atom is 0.123 e. The van der Waals surface area contributed by atoms with Gasteiger partial charge in [0.15, 0.2) is 0 Å². The summed E-state index contributed by atoms with van der Waals surface area (Å²) in [7, 11) is 3.52. The smallest absolute Gasteiger partial charge is 0.123 e. The first-order chi connectivity index (χ1) is 14.7. The largest absolute Gasteiger partial charge is 0.496 e. The van der Waals surface area contributed by atoms with Crippen LogP contribution in [0.3, 0.4) is 0 Å². The molecule has 30 heavy (non-hydrogen) atoms. The van der Waals surface area contributed by atoms with Crippen LogP contribution in [-0.2, 0) is 17.8 Å². The molecule has 160 valence electrons. The van der Waals surface area contributed by atoms with Gasteiger partial charge in [-0.1, -0.05) is 36.3 Å². The Hall–Kier alpha value is -2.32. The zero-order valence-corrected chi connectivity index (χ0v) is 18.3. The molecule has 4 nitrogen and oxygen atoms in total. The first-order valence-corrected chi connectivity index (χ1v) is 10.8. The Morgan fingerprint density at radius 2 is 1.80 bits per heavy atom. The van der Waals surface area contributed by atoms with Gasteiger partial charge in [0, 0.05) is 44.4 Å². The summed E-state index contributed by atoms with van der Waals surface area (Å²) in [6, 6.07) is 16.7. The molecule has 2 aromatic rings. The van der Waals surface area contributed by atoms with E-state index in [0.29, 0.717) is 0 Å². The maximum atomic E-state index is 5.51. The minimum absolute atomic E-state index is 0.723. The summed E-state index contributed by atoms with van der Waals surface area (Å²) in [5.74, 6) is 4.40. The summed E-state index contributed by atoms with van der Waals surface area (Å²) in [4.78, 5) is 5.07. The minimum atomic E-state index is 0.723. The molecular formula is C26H34N2O2. The third-order valence-corrected chi connectivity index (χ3v) is 5.95. The van der Waals surface area contributed by atoms with E-state index in [-0.39, 0.29) is 0 Å². The fourth-order valence-electron chi connectivity index (χ4n) is 4.19. The van der Waals surface area contributed by atoms with Gasteiger partial charge in [-0.05, 0) is 55.6 Å². The molecule has 0 spiro atoms. The highest BCUT2D eigenvalue weighted by Gasteiger charge is 2.22. The molecule has 0 bridgehead atoms. The third kappa shape index (κ3) is 6.60. The van der Waals surface area contributed by atoms with E-state index in [1.54, 1.807) is 14.2 Å². The van der Waals surface area contributed by atoms with Crippen LogP contribution >= 0.6 is 0 Å². The summed E-state index contributed by atoms with van der Waals surface area (Å²) in [6.07, 6.45) is 7.94. The number of piperidine rings is 1. The minimum Gasteiger partial charge on any atom is -0.496 e. The van der Waals surface area contributed by atoms with Gasteiger partial charge in [0.1, 0.15) is 5.75 Å². The molecule has 1 aliphatic rings. The topological polar surface area (TPSA) is 24.9 Å². The molecule has 0 radical (unpaired) electrons. The molecule has 1 heterocycles. The zero-order chi connectivity index (χ0) is 21.2. The zero-order valence-electron chi connectivity index (χ0n) is 18.3. The van der Waals surface area contributed by atoms with Crippen LogP contribution < -0.4 is 4.74 Å². The van der Waals surface area contributed by atoms with Crippen molar-refractivity contribution in [3.8, 4) is 18.1 Å². The van der Waals surface area contributed by atoms with Gasteiger partial charge in [-0.3, -0.25) is 9.80 Å². The Balaban J connectivity index is 1.51. The molecule has 1 saturated heterocycles. The Bertz CT molecular complexity index is 805. The lowest BCUT2D eigenvalue weighted by molar-refractivity contribution is 0.106. The van der Waals surface area contributed by atoms with E-state index in [2.05, 4.69) is 40.0 Å². The normalized spacial score (nSPS) is 15.3. The van der Waals surface area contributed by atoms with Gasteiger partial charge in [-0.15, -0.1) is 6.42 Å². The second-order valence-electron chi connectivity index (χ2n) is 8.10. The van der Waals surface area contributed by atoms with Crippen LogP contribution in [0.4, 0.5) is 0 Å². The molecule has 1 aliphatic heterocycles. The number of hydrogen-bond acceptors (Lipinski definition) is 4. The Morgan fingerprint density at radius 1 is 1.07 bits per heavy atom. The van der Waals surface area contributed by atoms with Crippen LogP contribution in [0.2, 0.25) is 0 Å². The summed E-state index contributed by atoms with van der Waals surface area (Å²) in [5.41, 5.74) is 3.51. The van der Waals surface area contributed by atoms with Gasteiger partial charge in [0.2, 0.25) is 0 Å². The van der Waals surface area contributed by atoms with Crippen LogP contribution in [0, 0.1) is 18.3 Å². The molecule has 0 amide bonds. The molecule has 1 fully saturated rings. The second-order valence-corrected chi connectivity index (χ2v) is 8.10. The van der Waals surface area contributed by atoms with Crippen molar-refractivity contribution in [2.75, 3.05) is 47.0 Å². The quantitative estimate of drug-likeness (QED) is 0.556. The van der Waals surface area contributed by atoms with E-state index in [1.165, 1.54) is 24.0 Å². The van der Waals surface area contributed by atoms with E-state index < -0.39 is 0 Å². The first-order valence-electron chi connectivity index (χ1n) is 10.8. The van der Waals surface area contributed by atoms with Gasteiger partial charge < -0.3 is 9.47 Å². The molecule has 0 N–H and O–H groups in total. The SMILES string of the molecule is C#Cc1ccc(CN(CCOC)CC2CCN(Cc3ccccc3OC)CC2)cc1. The lowest BCUT2D eigenvalue weighted by atomic mass is 9.95. The summed E-state index contributed by atoms with van der Waals surface area (Å²) < 4.78 is 10.9. The fourth-order valence-corrected chi connectivity index (χ4v) is 4.19. The van der Waals surface area contributed by atoms with Crippen molar-refractivity contribution < 1.29 is 9.47 Å². The van der Waals surface area contributed by atoms with Gasteiger partial charge in [0.05, 0.1) is 13.7 Å². The molecule has 0 aromatic heterocycles. The van der Waals surface area contributed by atoms with Crippen LogP contribution in [0.1, 0.15) is 29.5 Å². The van der Waals surface area contributed by atoms with Crippen molar-refractivity contribution in [3.63, 3.8) is 0 Å². The van der Waals surface area contributed by atoms with Crippen molar-refractivity contribution in [1.29, 1.82) is 0 Å². The highest BCUT2D eigenvalue weighted by molar-refractivity contribution is 5.34. The number of methoxy groups -OCH3 is 2. The Labute approximate surface area is 181 Å². The fraction of sp³-hybridized carbons (Fsp3) is 0.462. The molecule has 3 rings (SSSR count). The molecule has 0 aliphatic carbocycles. The average molecular weight is 407 g/mol. The molecule has 0 saturated carbocycles. The van der Waals surface area contributed by atoms with Gasteiger partial charge >= 0.3 is 0 Å². The Kier molecular flexibility index (Phi) is 8.77. The van der Waals surface area contributed by atoms with E-state index in [1.807, 2.05) is 24.3 Å². The third-order valence-electron chi connectivity index (χ3n) is 5.95. The van der Waals surface area contributed by atoms with Gasteiger partial charge in [-0.2, -0.15) is 0 Å². The van der Waals surface area contributed by atoms with Gasteiger partial charge in [0.25, 0.3) is 0 Å². The van der Waals surface area contributed by atoms with Gasteiger partial charge in [-0.25, -0.2) is 0 Å². The van der Waals surface area contributed by atoms with E-state index in [9.17, 15) is 0 Å². The average Bonchev–Trinajstić information content (AvgIpc) is 2.79. The lowest BCUT2D eigenvalue weighted by Crippen LogP contribution is -2.39. The number of nitrogens with zero attached hydrogens (tertiary/aromatic N) is 2. The van der Waals surface area contributed by atoms with E-state index >= 15 is 0 Å². The number of terminal acetylenes is 1. The summed E-state index contributed by atoms with van der Waals surface area (Å²) in [6.45, 7) is 7.00. The van der Waals surface area contributed by atoms with E-state index in [4.69, 9.17) is 15.9 Å². The summed E-state index contributed by atoms with van der Waals surface area (Å²) in [5, 5.41) is 0. The van der Waals surface area contributed by atoms with E-state index in [0.717, 1.165) is 63.1 Å². The highest BCUT2D eigenvalue weighted by atomic mass is 16.5. The number of likely N-dealkylation sites (tertiary alicyclic amines) is 1. The van der Waals surface area contributed by atoms with Crippen molar-refractivity contribution in [1.82, 2.24) is 9.80 Å². The highest BCUT2D eigenvalue weighted by Crippen LogP contribution is 2.24. The molecule has 0 atom stereocenters. The monoisotopic (exact) mass is 406 g/mol. The predicted octanol–water partition coefficient (Wildman–Crippen LogP) is 4.04. The van der Waals surface area contributed by atoms with Crippen LogP contribution in [0.25, 0.3) is 0 Å².